The van der Waals surface area contributed by atoms with E-state index in [0.717, 1.165) is 29.4 Å². The summed E-state index contributed by atoms with van der Waals surface area (Å²) in [5, 5.41) is 1.79. The largest absolute Gasteiger partial charge is 0.497 e. The Kier molecular flexibility index (Phi) is 3.73. The second-order valence-corrected chi connectivity index (χ2v) is 5.04. The average Bonchev–Trinajstić information content (AvgIpc) is 2.55. The monoisotopic (exact) mass is 279 g/mol. The third kappa shape index (κ3) is 2.82. The van der Waals surface area contributed by atoms with Crippen LogP contribution in [0.25, 0.3) is 10.8 Å². The van der Waals surface area contributed by atoms with Gasteiger partial charge >= 0.3 is 0 Å². The lowest BCUT2D eigenvalue weighted by Crippen LogP contribution is -2.07. The topological polar surface area (TPSA) is 42.1 Å². The summed E-state index contributed by atoms with van der Waals surface area (Å²) in [6, 6.07) is 15.8. The highest BCUT2D eigenvalue weighted by atomic mass is 16.5. The van der Waals surface area contributed by atoms with Crippen LogP contribution in [0.3, 0.4) is 0 Å². The highest BCUT2D eigenvalue weighted by molar-refractivity contribution is 5.84. The zero-order valence-electron chi connectivity index (χ0n) is 11.9. The number of aromatic amines is 1. The molecule has 0 saturated heterocycles. The van der Waals surface area contributed by atoms with Gasteiger partial charge in [-0.2, -0.15) is 0 Å². The Bertz CT molecular complexity index is 803. The molecule has 1 heterocycles. The van der Waals surface area contributed by atoms with Gasteiger partial charge in [0.15, 0.2) is 0 Å². The van der Waals surface area contributed by atoms with Crippen molar-refractivity contribution in [3.63, 3.8) is 0 Å². The summed E-state index contributed by atoms with van der Waals surface area (Å²) in [5.41, 5.74) is 2.39. The van der Waals surface area contributed by atoms with Gasteiger partial charge in [-0.15, -0.1) is 0 Å². The standard InChI is InChI=1S/C18H17NO2/c1-21-15-10-7-13(8-11-15)6-9-14-12-19-18(20)17-5-3-2-4-16(14)17/h2-5,7-8,10-12H,6,9H2,1H3,(H,19,20). The van der Waals surface area contributed by atoms with Crippen molar-refractivity contribution in [1.29, 1.82) is 0 Å². The van der Waals surface area contributed by atoms with Crippen LogP contribution < -0.4 is 10.3 Å². The fraction of sp³-hybridized carbons (Fsp3) is 0.167. The third-order valence-corrected chi connectivity index (χ3v) is 3.74. The summed E-state index contributed by atoms with van der Waals surface area (Å²) in [6.07, 6.45) is 3.65. The van der Waals surface area contributed by atoms with Crippen molar-refractivity contribution in [3.05, 3.63) is 76.2 Å². The number of ether oxygens (including phenoxy) is 1. The van der Waals surface area contributed by atoms with Gasteiger partial charge in [-0.1, -0.05) is 30.3 Å². The molecule has 2 aromatic carbocycles. The zero-order valence-corrected chi connectivity index (χ0v) is 11.9. The van der Waals surface area contributed by atoms with Gasteiger partial charge in [0.05, 0.1) is 7.11 Å². The number of aryl methyl sites for hydroxylation is 2. The molecule has 3 heteroatoms. The molecular formula is C18H17NO2. The predicted molar refractivity (Wildman–Crippen MR) is 85.0 cm³/mol. The molecule has 0 atom stereocenters. The molecule has 0 aliphatic rings. The molecule has 0 amide bonds. The van der Waals surface area contributed by atoms with Gasteiger partial charge in [0.1, 0.15) is 5.75 Å². The molecule has 106 valence electrons. The normalized spacial score (nSPS) is 10.7. The fourth-order valence-electron chi connectivity index (χ4n) is 2.55. The number of benzene rings is 2. The summed E-state index contributed by atoms with van der Waals surface area (Å²) < 4.78 is 5.16. The number of aromatic nitrogens is 1. The van der Waals surface area contributed by atoms with Crippen LogP contribution in [0.5, 0.6) is 5.75 Å². The molecule has 0 bridgehead atoms. The van der Waals surface area contributed by atoms with Crippen molar-refractivity contribution in [1.82, 2.24) is 4.98 Å². The van der Waals surface area contributed by atoms with Crippen LogP contribution in [-0.2, 0) is 12.8 Å². The van der Waals surface area contributed by atoms with E-state index >= 15 is 0 Å². The first-order chi connectivity index (χ1) is 10.3. The van der Waals surface area contributed by atoms with Crippen molar-refractivity contribution in [2.75, 3.05) is 7.11 Å². The Labute approximate surface area is 123 Å². The predicted octanol–water partition coefficient (Wildman–Crippen LogP) is 3.32. The minimum atomic E-state index is -0.0289. The van der Waals surface area contributed by atoms with Crippen LogP contribution >= 0.6 is 0 Å². The van der Waals surface area contributed by atoms with Crippen LogP contribution in [0.2, 0.25) is 0 Å². The van der Waals surface area contributed by atoms with Crippen LogP contribution in [0.4, 0.5) is 0 Å². The fourth-order valence-corrected chi connectivity index (χ4v) is 2.55. The van der Waals surface area contributed by atoms with E-state index in [-0.39, 0.29) is 5.56 Å². The first-order valence-corrected chi connectivity index (χ1v) is 7.00. The lowest BCUT2D eigenvalue weighted by Gasteiger charge is -2.07. The maximum Gasteiger partial charge on any atom is 0.255 e. The molecule has 3 aromatic rings. The number of rotatable bonds is 4. The molecule has 3 nitrogen and oxygen atoms in total. The SMILES string of the molecule is COc1ccc(CCc2c[nH]c(=O)c3ccccc23)cc1. The van der Waals surface area contributed by atoms with Crippen molar-refractivity contribution in [2.24, 2.45) is 0 Å². The summed E-state index contributed by atoms with van der Waals surface area (Å²) in [5.74, 6) is 0.869. The zero-order chi connectivity index (χ0) is 14.7. The van der Waals surface area contributed by atoms with Crippen LogP contribution in [-0.4, -0.2) is 12.1 Å². The van der Waals surface area contributed by atoms with Gasteiger partial charge in [-0.3, -0.25) is 4.79 Å². The summed E-state index contributed by atoms with van der Waals surface area (Å²) in [6.45, 7) is 0. The van der Waals surface area contributed by atoms with E-state index in [2.05, 4.69) is 17.1 Å². The van der Waals surface area contributed by atoms with Gasteiger partial charge in [0, 0.05) is 11.6 Å². The van der Waals surface area contributed by atoms with E-state index in [0.29, 0.717) is 0 Å². The average molecular weight is 279 g/mol. The molecular weight excluding hydrogens is 262 g/mol. The van der Waals surface area contributed by atoms with Gasteiger partial charge in [-0.25, -0.2) is 0 Å². The summed E-state index contributed by atoms with van der Waals surface area (Å²) >= 11 is 0. The van der Waals surface area contributed by atoms with E-state index in [1.54, 1.807) is 7.11 Å². The van der Waals surface area contributed by atoms with Crippen LogP contribution in [0.1, 0.15) is 11.1 Å². The molecule has 21 heavy (non-hydrogen) atoms. The maximum atomic E-state index is 11.8. The first kappa shape index (κ1) is 13.4. The first-order valence-electron chi connectivity index (χ1n) is 7.00. The lowest BCUT2D eigenvalue weighted by molar-refractivity contribution is 0.414. The molecule has 0 aliphatic heterocycles. The number of nitrogens with one attached hydrogen (secondary N) is 1. The molecule has 1 N–H and O–H groups in total. The Morgan fingerprint density at radius 3 is 2.38 bits per heavy atom. The van der Waals surface area contributed by atoms with Crippen molar-refractivity contribution < 1.29 is 4.74 Å². The number of H-pyrrole nitrogens is 1. The minimum Gasteiger partial charge on any atom is -0.497 e. The Morgan fingerprint density at radius 1 is 0.952 bits per heavy atom. The number of fused-ring (bicyclic) bond motifs is 1. The molecule has 0 radical (unpaired) electrons. The van der Waals surface area contributed by atoms with Gasteiger partial charge < -0.3 is 9.72 Å². The molecule has 0 spiro atoms. The Hall–Kier alpha value is -2.55. The quantitative estimate of drug-likeness (QED) is 0.796. The number of hydrogen-bond acceptors (Lipinski definition) is 2. The van der Waals surface area contributed by atoms with Gasteiger partial charge in [-0.05, 0) is 47.6 Å². The lowest BCUT2D eigenvalue weighted by atomic mass is 10.0. The number of methoxy groups -OCH3 is 1. The second-order valence-electron chi connectivity index (χ2n) is 5.04. The van der Waals surface area contributed by atoms with E-state index in [9.17, 15) is 4.79 Å². The highest BCUT2D eigenvalue weighted by Gasteiger charge is 2.04. The minimum absolute atomic E-state index is 0.0289. The number of pyridine rings is 1. The highest BCUT2D eigenvalue weighted by Crippen LogP contribution is 2.18. The number of hydrogen-bond donors (Lipinski definition) is 1. The van der Waals surface area contributed by atoms with Crippen LogP contribution in [0.15, 0.2) is 59.5 Å². The molecule has 3 rings (SSSR count). The molecule has 0 fully saturated rings. The smallest absolute Gasteiger partial charge is 0.255 e. The third-order valence-electron chi connectivity index (χ3n) is 3.74. The van der Waals surface area contributed by atoms with Gasteiger partial charge in [0.2, 0.25) is 0 Å². The molecule has 0 aliphatic carbocycles. The summed E-state index contributed by atoms with van der Waals surface area (Å²) in [4.78, 5) is 14.6. The van der Waals surface area contributed by atoms with Crippen molar-refractivity contribution >= 4 is 10.8 Å². The Morgan fingerprint density at radius 2 is 1.67 bits per heavy atom. The second kappa shape index (κ2) is 5.83. The molecule has 0 unspecified atom stereocenters. The van der Waals surface area contributed by atoms with E-state index < -0.39 is 0 Å². The van der Waals surface area contributed by atoms with E-state index in [1.807, 2.05) is 42.6 Å². The maximum absolute atomic E-state index is 11.8. The van der Waals surface area contributed by atoms with Crippen LogP contribution in [0, 0.1) is 0 Å². The van der Waals surface area contributed by atoms with Gasteiger partial charge in [0.25, 0.3) is 5.56 Å². The van der Waals surface area contributed by atoms with Crippen molar-refractivity contribution in [3.8, 4) is 5.75 Å². The Balaban J connectivity index is 1.85. The van der Waals surface area contributed by atoms with Crippen molar-refractivity contribution in [2.45, 2.75) is 12.8 Å². The summed E-state index contributed by atoms with van der Waals surface area (Å²) in [7, 11) is 1.67. The molecule has 0 saturated carbocycles. The molecule has 1 aromatic heterocycles. The van der Waals surface area contributed by atoms with E-state index in [4.69, 9.17) is 4.74 Å². The van der Waals surface area contributed by atoms with E-state index in [1.165, 1.54) is 11.1 Å².